The molecule has 0 saturated carbocycles. The molecule has 1 amide bonds. The quantitative estimate of drug-likeness (QED) is 0.784. The van der Waals surface area contributed by atoms with Crippen LogP contribution in [0.1, 0.15) is 12.0 Å². The number of anilines is 1. The third-order valence-corrected chi connectivity index (χ3v) is 3.17. The fraction of sp³-hybridized carbons (Fsp3) is 0.417. The molecule has 1 unspecified atom stereocenters. The molecule has 1 heterocycles. The van der Waals surface area contributed by atoms with Crippen LogP contribution in [0.2, 0.25) is 0 Å². The molecular formula is C12H11ClF3NO2. The Labute approximate surface area is 112 Å². The highest BCUT2D eigenvalue weighted by Crippen LogP contribution is 2.40. The molecule has 1 aliphatic rings. The summed E-state index contributed by atoms with van der Waals surface area (Å²) < 4.78 is 43.8. The van der Waals surface area contributed by atoms with Crippen LogP contribution in [0.15, 0.2) is 18.2 Å². The number of rotatable bonds is 2. The second-order valence-electron chi connectivity index (χ2n) is 4.19. The first kappa shape index (κ1) is 14.0. The lowest BCUT2D eigenvalue weighted by atomic mass is 10.1. The molecule has 0 aliphatic carbocycles. The zero-order chi connectivity index (χ0) is 14.2. The molecule has 0 N–H and O–H groups in total. The number of alkyl halides is 4. The van der Waals surface area contributed by atoms with Gasteiger partial charge in [0.05, 0.1) is 23.7 Å². The molecule has 0 radical (unpaired) electrons. The molecule has 2 rings (SSSR count). The Balaban J connectivity index is 2.48. The number of benzene rings is 1. The normalized spacial score (nSPS) is 19.9. The van der Waals surface area contributed by atoms with Gasteiger partial charge in [0.25, 0.3) is 0 Å². The topological polar surface area (TPSA) is 29.5 Å². The van der Waals surface area contributed by atoms with Crippen molar-refractivity contribution in [1.82, 2.24) is 0 Å². The van der Waals surface area contributed by atoms with Crippen molar-refractivity contribution in [2.24, 2.45) is 0 Å². The van der Waals surface area contributed by atoms with Crippen LogP contribution in [0.5, 0.6) is 5.75 Å². The molecule has 1 aromatic carbocycles. The van der Waals surface area contributed by atoms with E-state index in [1.807, 2.05) is 0 Å². The van der Waals surface area contributed by atoms with Gasteiger partial charge in [-0.05, 0) is 18.2 Å². The van der Waals surface area contributed by atoms with Crippen molar-refractivity contribution in [1.29, 1.82) is 0 Å². The molecule has 1 saturated heterocycles. The van der Waals surface area contributed by atoms with E-state index in [0.717, 1.165) is 11.0 Å². The van der Waals surface area contributed by atoms with Gasteiger partial charge in [-0.15, -0.1) is 11.6 Å². The number of halogens is 4. The van der Waals surface area contributed by atoms with Crippen LogP contribution < -0.4 is 9.64 Å². The van der Waals surface area contributed by atoms with Gasteiger partial charge in [0, 0.05) is 13.0 Å². The first-order chi connectivity index (χ1) is 8.82. The predicted octanol–water partition coefficient (Wildman–Crippen LogP) is 3.06. The summed E-state index contributed by atoms with van der Waals surface area (Å²) in [6.45, 7) is 0.0792. The summed E-state index contributed by atoms with van der Waals surface area (Å²) in [5.41, 5.74) is -1.08. The lowest BCUT2D eigenvalue weighted by Crippen LogP contribution is -2.27. The van der Waals surface area contributed by atoms with E-state index in [1.54, 1.807) is 0 Å². The smallest absolute Gasteiger partial charge is 0.418 e. The fourth-order valence-electron chi connectivity index (χ4n) is 2.00. The maximum Gasteiger partial charge on any atom is 0.418 e. The van der Waals surface area contributed by atoms with Crippen molar-refractivity contribution < 1.29 is 22.7 Å². The Morgan fingerprint density at radius 3 is 2.58 bits per heavy atom. The molecule has 0 bridgehead atoms. The van der Waals surface area contributed by atoms with Crippen molar-refractivity contribution in [2.45, 2.75) is 18.0 Å². The number of carbonyl (C=O) groups excluding carboxylic acids is 1. The molecule has 3 nitrogen and oxygen atoms in total. The summed E-state index contributed by atoms with van der Waals surface area (Å²) >= 11 is 5.81. The number of hydrogen-bond donors (Lipinski definition) is 0. The van der Waals surface area contributed by atoms with Crippen molar-refractivity contribution in [3.8, 4) is 5.75 Å². The Bertz CT molecular complexity index is 504. The van der Waals surface area contributed by atoms with Crippen LogP contribution >= 0.6 is 11.6 Å². The number of methoxy groups -OCH3 is 1. The molecule has 19 heavy (non-hydrogen) atoms. The SMILES string of the molecule is COc1ccc(N2CC(Cl)CC2=O)c(C(F)(F)F)c1. The van der Waals surface area contributed by atoms with Gasteiger partial charge in [0.1, 0.15) is 5.75 Å². The minimum atomic E-state index is -4.56. The first-order valence-electron chi connectivity index (χ1n) is 5.52. The van der Waals surface area contributed by atoms with E-state index in [4.69, 9.17) is 16.3 Å². The highest BCUT2D eigenvalue weighted by Gasteiger charge is 2.39. The summed E-state index contributed by atoms with van der Waals surface area (Å²) in [5, 5.41) is -0.462. The third kappa shape index (κ3) is 2.78. The van der Waals surface area contributed by atoms with Gasteiger partial charge in [-0.3, -0.25) is 4.79 Å². The minimum absolute atomic E-state index is 0.0465. The first-order valence-corrected chi connectivity index (χ1v) is 5.96. The van der Waals surface area contributed by atoms with Crippen LogP contribution in [0.25, 0.3) is 0 Å². The maximum absolute atomic E-state index is 13.0. The number of hydrogen-bond acceptors (Lipinski definition) is 2. The average Bonchev–Trinajstić information content (AvgIpc) is 2.66. The second-order valence-corrected chi connectivity index (χ2v) is 4.80. The van der Waals surface area contributed by atoms with E-state index in [-0.39, 0.29) is 24.4 Å². The van der Waals surface area contributed by atoms with E-state index >= 15 is 0 Å². The third-order valence-electron chi connectivity index (χ3n) is 2.88. The highest BCUT2D eigenvalue weighted by atomic mass is 35.5. The average molecular weight is 294 g/mol. The van der Waals surface area contributed by atoms with Crippen molar-refractivity contribution >= 4 is 23.2 Å². The van der Waals surface area contributed by atoms with E-state index in [2.05, 4.69) is 0 Å². The molecule has 1 atom stereocenters. The van der Waals surface area contributed by atoms with Gasteiger partial charge >= 0.3 is 6.18 Å². The summed E-state index contributed by atoms with van der Waals surface area (Å²) in [4.78, 5) is 12.7. The molecule has 1 fully saturated rings. The molecule has 1 aliphatic heterocycles. The molecule has 7 heteroatoms. The van der Waals surface area contributed by atoms with Crippen molar-refractivity contribution in [2.75, 3.05) is 18.6 Å². The number of ether oxygens (including phenoxy) is 1. The largest absolute Gasteiger partial charge is 0.497 e. The zero-order valence-corrected chi connectivity index (χ0v) is 10.8. The summed E-state index contributed by atoms with van der Waals surface area (Å²) in [6.07, 6.45) is -4.51. The van der Waals surface area contributed by atoms with Crippen molar-refractivity contribution in [3.05, 3.63) is 23.8 Å². The lowest BCUT2D eigenvalue weighted by Gasteiger charge is -2.21. The Kier molecular flexibility index (Phi) is 3.62. The Hall–Kier alpha value is -1.43. The molecular weight excluding hydrogens is 283 g/mol. The van der Waals surface area contributed by atoms with Crippen LogP contribution in [-0.2, 0) is 11.0 Å². The van der Waals surface area contributed by atoms with Gasteiger partial charge in [-0.2, -0.15) is 13.2 Å². The number of amides is 1. The van der Waals surface area contributed by atoms with Crippen LogP contribution in [-0.4, -0.2) is 24.9 Å². The van der Waals surface area contributed by atoms with Crippen LogP contribution in [0, 0.1) is 0 Å². The zero-order valence-electron chi connectivity index (χ0n) is 10.00. The second kappa shape index (κ2) is 4.92. The minimum Gasteiger partial charge on any atom is -0.497 e. The number of nitrogens with zero attached hydrogens (tertiary/aromatic N) is 1. The standard InChI is InChI=1S/C12H11ClF3NO2/c1-19-8-2-3-10(9(5-8)12(14,15)16)17-6-7(13)4-11(17)18/h2-3,5,7H,4,6H2,1H3. The Morgan fingerprint density at radius 2 is 2.11 bits per heavy atom. The monoisotopic (exact) mass is 293 g/mol. The summed E-state index contributed by atoms with van der Waals surface area (Å²) in [6, 6.07) is 3.50. The highest BCUT2D eigenvalue weighted by molar-refractivity contribution is 6.24. The van der Waals surface area contributed by atoms with Gasteiger partial charge in [-0.1, -0.05) is 0 Å². The molecule has 0 aromatic heterocycles. The Morgan fingerprint density at radius 1 is 1.42 bits per heavy atom. The lowest BCUT2D eigenvalue weighted by molar-refractivity contribution is -0.137. The van der Waals surface area contributed by atoms with E-state index < -0.39 is 23.0 Å². The van der Waals surface area contributed by atoms with Gasteiger partial charge in [0.15, 0.2) is 0 Å². The summed E-state index contributed by atoms with van der Waals surface area (Å²) in [7, 11) is 1.28. The molecule has 1 aromatic rings. The van der Waals surface area contributed by atoms with E-state index in [1.165, 1.54) is 19.2 Å². The van der Waals surface area contributed by atoms with Gasteiger partial charge in [-0.25, -0.2) is 0 Å². The predicted molar refractivity (Wildman–Crippen MR) is 64.6 cm³/mol. The fourth-order valence-corrected chi connectivity index (χ4v) is 2.27. The van der Waals surface area contributed by atoms with E-state index in [9.17, 15) is 18.0 Å². The van der Waals surface area contributed by atoms with Gasteiger partial charge < -0.3 is 9.64 Å². The molecule has 104 valence electrons. The number of carbonyl (C=O) groups is 1. The van der Waals surface area contributed by atoms with Crippen molar-refractivity contribution in [3.63, 3.8) is 0 Å². The van der Waals surface area contributed by atoms with E-state index in [0.29, 0.717) is 0 Å². The summed E-state index contributed by atoms with van der Waals surface area (Å²) in [5.74, 6) is -0.319. The molecule has 0 spiro atoms. The van der Waals surface area contributed by atoms with Crippen LogP contribution in [0.4, 0.5) is 18.9 Å². The maximum atomic E-state index is 13.0. The van der Waals surface area contributed by atoms with Gasteiger partial charge in [0.2, 0.25) is 5.91 Å². The van der Waals surface area contributed by atoms with Crippen LogP contribution in [0.3, 0.4) is 0 Å².